The molecule has 1 heterocycles. The molecule has 1 aliphatic heterocycles. The fraction of sp³-hybridized carbons (Fsp3) is 0.125. The molecule has 21 heavy (non-hydrogen) atoms. The maximum atomic E-state index is 12.0. The first kappa shape index (κ1) is 14.2. The summed E-state index contributed by atoms with van der Waals surface area (Å²) < 4.78 is 0. The second-order valence-corrected chi connectivity index (χ2v) is 6.18. The van der Waals surface area contributed by atoms with Crippen molar-refractivity contribution >= 4 is 35.0 Å². The van der Waals surface area contributed by atoms with E-state index in [1.54, 1.807) is 23.9 Å². The summed E-state index contributed by atoms with van der Waals surface area (Å²) in [6.45, 7) is 0. The summed E-state index contributed by atoms with van der Waals surface area (Å²) in [6.07, 6.45) is 0.813. The smallest absolute Gasteiger partial charge is 0.267 e. The highest BCUT2D eigenvalue weighted by atomic mass is 35.5. The number of amides is 1. The van der Waals surface area contributed by atoms with Crippen LogP contribution in [0.5, 0.6) is 0 Å². The van der Waals surface area contributed by atoms with Gasteiger partial charge in [-0.25, -0.2) is 5.43 Å². The van der Waals surface area contributed by atoms with Gasteiger partial charge in [0, 0.05) is 33.2 Å². The molecule has 3 nitrogen and oxygen atoms in total. The van der Waals surface area contributed by atoms with Crippen molar-refractivity contribution in [3.8, 4) is 0 Å². The zero-order valence-corrected chi connectivity index (χ0v) is 12.7. The van der Waals surface area contributed by atoms with Crippen LogP contribution in [0.1, 0.15) is 22.3 Å². The third kappa shape index (κ3) is 3.28. The molecule has 5 heteroatoms. The number of carbonyl (C=O) groups excluding carboxylic acids is 1. The van der Waals surface area contributed by atoms with Crippen molar-refractivity contribution in [3.63, 3.8) is 0 Å². The summed E-state index contributed by atoms with van der Waals surface area (Å²) in [4.78, 5) is 13.2. The normalized spacial score (nSPS) is 15.6. The highest BCUT2D eigenvalue weighted by Crippen LogP contribution is 2.32. The average molecular weight is 317 g/mol. The van der Waals surface area contributed by atoms with E-state index in [0.29, 0.717) is 10.6 Å². The number of halogens is 1. The molecule has 0 atom stereocenters. The van der Waals surface area contributed by atoms with Gasteiger partial charge >= 0.3 is 0 Å². The van der Waals surface area contributed by atoms with Gasteiger partial charge in [-0.3, -0.25) is 4.79 Å². The zero-order chi connectivity index (χ0) is 14.7. The van der Waals surface area contributed by atoms with E-state index in [1.165, 1.54) is 0 Å². The largest absolute Gasteiger partial charge is 0.271 e. The molecule has 1 aliphatic rings. The third-order valence-corrected chi connectivity index (χ3v) is 4.49. The van der Waals surface area contributed by atoms with E-state index in [0.717, 1.165) is 28.3 Å². The molecular formula is C16H13ClN2OS. The number of nitrogens with one attached hydrogen (secondary N) is 1. The minimum absolute atomic E-state index is 0.204. The van der Waals surface area contributed by atoms with Gasteiger partial charge in [0.05, 0.1) is 5.71 Å². The van der Waals surface area contributed by atoms with Crippen molar-refractivity contribution in [1.82, 2.24) is 5.43 Å². The number of carbonyl (C=O) groups is 1. The molecule has 2 aromatic rings. The summed E-state index contributed by atoms with van der Waals surface area (Å²) in [5, 5.41) is 4.97. The number of fused-ring (bicyclic) bond motifs is 1. The van der Waals surface area contributed by atoms with Crippen molar-refractivity contribution in [2.45, 2.75) is 11.3 Å². The van der Waals surface area contributed by atoms with Gasteiger partial charge in [0.1, 0.15) is 0 Å². The predicted molar refractivity (Wildman–Crippen MR) is 87.2 cm³/mol. The standard InChI is InChI=1S/C16H13ClN2OS/c17-12-6-7-15-13(10-12)14(8-9-21-15)18-19-16(20)11-4-2-1-3-5-11/h1-7,10H,8-9H2,(H,19,20)/b18-14+. The van der Waals surface area contributed by atoms with Crippen molar-refractivity contribution in [2.24, 2.45) is 5.10 Å². The highest BCUT2D eigenvalue weighted by molar-refractivity contribution is 7.99. The number of rotatable bonds is 2. The zero-order valence-electron chi connectivity index (χ0n) is 11.2. The molecule has 0 saturated carbocycles. The molecule has 0 fully saturated rings. The molecule has 0 aliphatic carbocycles. The monoisotopic (exact) mass is 316 g/mol. The number of hydrazone groups is 1. The number of thioether (sulfide) groups is 1. The molecule has 0 unspecified atom stereocenters. The van der Waals surface area contributed by atoms with Crippen LogP contribution in [-0.4, -0.2) is 17.4 Å². The highest BCUT2D eigenvalue weighted by Gasteiger charge is 2.17. The van der Waals surface area contributed by atoms with Gasteiger partial charge in [-0.2, -0.15) is 5.10 Å². The predicted octanol–water partition coefficient (Wildman–Crippen LogP) is 3.97. The van der Waals surface area contributed by atoms with Crippen LogP contribution >= 0.6 is 23.4 Å². The minimum Gasteiger partial charge on any atom is -0.267 e. The Morgan fingerprint density at radius 2 is 2.00 bits per heavy atom. The van der Waals surface area contributed by atoms with Crippen molar-refractivity contribution < 1.29 is 4.79 Å². The summed E-state index contributed by atoms with van der Waals surface area (Å²) in [5.41, 5.74) is 5.10. The maximum Gasteiger partial charge on any atom is 0.271 e. The van der Waals surface area contributed by atoms with Crippen molar-refractivity contribution in [3.05, 3.63) is 64.7 Å². The molecule has 106 valence electrons. The Hall–Kier alpha value is -1.78. The fourth-order valence-corrected chi connectivity index (χ4v) is 3.32. The fourth-order valence-electron chi connectivity index (χ4n) is 2.13. The van der Waals surface area contributed by atoms with E-state index >= 15 is 0 Å². The molecule has 3 rings (SSSR count). The summed E-state index contributed by atoms with van der Waals surface area (Å²) in [7, 11) is 0. The molecule has 0 radical (unpaired) electrons. The van der Waals surface area contributed by atoms with Gasteiger partial charge in [0.15, 0.2) is 0 Å². The summed E-state index contributed by atoms with van der Waals surface area (Å²) >= 11 is 7.83. The van der Waals surface area contributed by atoms with E-state index < -0.39 is 0 Å². The van der Waals surface area contributed by atoms with Crippen LogP contribution in [0.4, 0.5) is 0 Å². The lowest BCUT2D eigenvalue weighted by molar-refractivity contribution is 0.0955. The quantitative estimate of drug-likeness (QED) is 0.852. The van der Waals surface area contributed by atoms with Crippen LogP contribution < -0.4 is 5.43 Å². The minimum atomic E-state index is -0.204. The molecule has 1 amide bonds. The lowest BCUT2D eigenvalue weighted by atomic mass is 10.1. The third-order valence-electron chi connectivity index (χ3n) is 3.18. The van der Waals surface area contributed by atoms with E-state index in [1.807, 2.05) is 36.4 Å². The van der Waals surface area contributed by atoms with Crippen LogP contribution in [0.15, 0.2) is 58.5 Å². The van der Waals surface area contributed by atoms with Gasteiger partial charge < -0.3 is 0 Å². The van der Waals surface area contributed by atoms with Crippen molar-refractivity contribution in [1.29, 1.82) is 0 Å². The first-order valence-electron chi connectivity index (χ1n) is 6.59. The Kier molecular flexibility index (Phi) is 4.27. The molecule has 1 N–H and O–H groups in total. The van der Waals surface area contributed by atoms with Crippen LogP contribution in [0.3, 0.4) is 0 Å². The van der Waals surface area contributed by atoms with Gasteiger partial charge in [-0.05, 0) is 30.3 Å². The summed E-state index contributed by atoms with van der Waals surface area (Å²) in [6, 6.07) is 14.8. The van der Waals surface area contributed by atoms with Crippen LogP contribution in [0.25, 0.3) is 0 Å². The van der Waals surface area contributed by atoms with Crippen LogP contribution in [0.2, 0.25) is 5.02 Å². The topological polar surface area (TPSA) is 41.5 Å². The van der Waals surface area contributed by atoms with Crippen LogP contribution in [0, 0.1) is 0 Å². The number of nitrogens with zero attached hydrogens (tertiary/aromatic N) is 1. The Morgan fingerprint density at radius 1 is 1.19 bits per heavy atom. The van der Waals surface area contributed by atoms with E-state index in [4.69, 9.17) is 11.6 Å². The van der Waals surface area contributed by atoms with Gasteiger partial charge in [0.2, 0.25) is 0 Å². The number of hydrogen-bond acceptors (Lipinski definition) is 3. The van der Waals surface area contributed by atoms with Crippen LogP contribution in [-0.2, 0) is 0 Å². The van der Waals surface area contributed by atoms with E-state index in [-0.39, 0.29) is 5.91 Å². The molecule has 2 aromatic carbocycles. The Morgan fingerprint density at radius 3 is 2.81 bits per heavy atom. The molecule has 0 spiro atoms. The maximum absolute atomic E-state index is 12.0. The molecule has 0 bridgehead atoms. The molecular weight excluding hydrogens is 304 g/mol. The van der Waals surface area contributed by atoms with E-state index in [2.05, 4.69) is 10.5 Å². The Balaban J connectivity index is 1.82. The molecule has 0 aromatic heterocycles. The lowest BCUT2D eigenvalue weighted by Crippen LogP contribution is -2.21. The van der Waals surface area contributed by atoms with Gasteiger partial charge in [-0.1, -0.05) is 29.8 Å². The number of benzene rings is 2. The van der Waals surface area contributed by atoms with Gasteiger partial charge in [-0.15, -0.1) is 11.8 Å². The lowest BCUT2D eigenvalue weighted by Gasteiger charge is -2.17. The summed E-state index contributed by atoms with van der Waals surface area (Å²) in [5.74, 6) is 0.749. The Labute approximate surface area is 132 Å². The van der Waals surface area contributed by atoms with E-state index in [9.17, 15) is 4.79 Å². The first-order chi connectivity index (χ1) is 10.2. The molecule has 0 saturated heterocycles. The van der Waals surface area contributed by atoms with Crippen molar-refractivity contribution in [2.75, 3.05) is 5.75 Å². The second kappa shape index (κ2) is 6.33. The van der Waals surface area contributed by atoms with Gasteiger partial charge in [0.25, 0.3) is 5.91 Å². The number of hydrogen-bond donors (Lipinski definition) is 1. The SMILES string of the molecule is O=C(N/N=C1\CCSc2ccc(Cl)cc21)c1ccccc1. The second-order valence-electron chi connectivity index (χ2n) is 4.60. The Bertz CT molecular complexity index is 701. The average Bonchev–Trinajstić information content (AvgIpc) is 2.53. The first-order valence-corrected chi connectivity index (χ1v) is 7.95.